The van der Waals surface area contributed by atoms with Crippen molar-refractivity contribution >= 4 is 11.8 Å². The van der Waals surface area contributed by atoms with Crippen molar-refractivity contribution in [2.45, 2.75) is 27.7 Å². The first-order valence-electron chi connectivity index (χ1n) is 7.40. The van der Waals surface area contributed by atoms with E-state index in [1.807, 2.05) is 18.7 Å². The molecule has 1 N–H and O–H groups in total. The molecular formula is C14H29N3O3. The van der Waals surface area contributed by atoms with Crippen molar-refractivity contribution in [1.29, 1.82) is 0 Å². The zero-order valence-electron chi connectivity index (χ0n) is 13.3. The molecule has 2 heterocycles. The van der Waals surface area contributed by atoms with Gasteiger partial charge in [0.15, 0.2) is 0 Å². The van der Waals surface area contributed by atoms with E-state index in [-0.39, 0.29) is 11.8 Å². The van der Waals surface area contributed by atoms with Gasteiger partial charge in [0, 0.05) is 53.1 Å². The van der Waals surface area contributed by atoms with Crippen LogP contribution in [0.3, 0.4) is 0 Å². The molecule has 0 aromatic heterocycles. The normalized spacial score (nSPS) is 18.2. The molecule has 0 radical (unpaired) electrons. The van der Waals surface area contributed by atoms with Gasteiger partial charge < -0.3 is 19.9 Å². The first-order valence-corrected chi connectivity index (χ1v) is 7.40. The van der Waals surface area contributed by atoms with Crippen molar-refractivity contribution in [3.63, 3.8) is 0 Å². The molecule has 2 fully saturated rings. The minimum Gasteiger partial charge on any atom is -0.378 e. The number of piperazine rings is 1. The predicted octanol–water partition coefficient (Wildman–Crippen LogP) is 0.329. The minimum absolute atomic E-state index is 0.151. The van der Waals surface area contributed by atoms with E-state index in [0.29, 0.717) is 13.2 Å². The molecule has 0 aliphatic carbocycles. The second-order valence-electron chi connectivity index (χ2n) is 4.37. The van der Waals surface area contributed by atoms with Gasteiger partial charge in [-0.1, -0.05) is 13.8 Å². The predicted molar refractivity (Wildman–Crippen MR) is 79.5 cm³/mol. The van der Waals surface area contributed by atoms with Crippen LogP contribution in [0.4, 0.5) is 0 Å². The Labute approximate surface area is 122 Å². The standard InChI is InChI=1S/C6H12N2O.C6H11NO2.C2H6/c1-6(9)8-4-2-7-3-5-8;1-6(8)7-2-4-9-5-3-7;1-2/h7H,2-5H2,1H3;2-5H2,1H3;1-2H3. The Bertz CT molecular complexity index is 245. The van der Waals surface area contributed by atoms with E-state index in [4.69, 9.17) is 4.74 Å². The average Bonchev–Trinajstić information content (AvgIpc) is 2.51. The lowest BCUT2D eigenvalue weighted by Crippen LogP contribution is -2.45. The Morgan fingerprint density at radius 1 is 0.850 bits per heavy atom. The lowest BCUT2D eigenvalue weighted by atomic mass is 10.4. The van der Waals surface area contributed by atoms with Crippen LogP contribution in [-0.2, 0) is 14.3 Å². The maximum absolute atomic E-state index is 10.7. The van der Waals surface area contributed by atoms with Crippen LogP contribution in [0.1, 0.15) is 27.7 Å². The topological polar surface area (TPSA) is 61.9 Å². The smallest absolute Gasteiger partial charge is 0.219 e. The van der Waals surface area contributed by atoms with Crippen LogP contribution in [0.5, 0.6) is 0 Å². The molecule has 0 atom stereocenters. The lowest BCUT2D eigenvalue weighted by Gasteiger charge is -2.25. The van der Waals surface area contributed by atoms with E-state index in [0.717, 1.165) is 39.3 Å². The van der Waals surface area contributed by atoms with E-state index in [9.17, 15) is 9.59 Å². The van der Waals surface area contributed by atoms with Crippen molar-refractivity contribution in [2.24, 2.45) is 0 Å². The highest BCUT2D eigenvalue weighted by molar-refractivity contribution is 5.73. The summed E-state index contributed by atoms with van der Waals surface area (Å²) in [6.07, 6.45) is 0. The van der Waals surface area contributed by atoms with Gasteiger partial charge in [0.1, 0.15) is 0 Å². The molecule has 2 aliphatic heterocycles. The molecule has 20 heavy (non-hydrogen) atoms. The molecule has 0 saturated carbocycles. The summed E-state index contributed by atoms with van der Waals surface area (Å²) >= 11 is 0. The van der Waals surface area contributed by atoms with Gasteiger partial charge in [-0.3, -0.25) is 9.59 Å². The molecule has 0 bridgehead atoms. The summed E-state index contributed by atoms with van der Waals surface area (Å²) in [7, 11) is 0. The fourth-order valence-electron chi connectivity index (χ4n) is 1.86. The Morgan fingerprint density at radius 2 is 1.25 bits per heavy atom. The molecule has 2 amide bonds. The quantitative estimate of drug-likeness (QED) is 0.697. The molecule has 0 aromatic carbocycles. The summed E-state index contributed by atoms with van der Waals surface area (Å²) in [6, 6.07) is 0. The number of nitrogens with one attached hydrogen (secondary N) is 1. The second kappa shape index (κ2) is 11.7. The Kier molecular flexibility index (Phi) is 11.0. The maximum atomic E-state index is 10.7. The van der Waals surface area contributed by atoms with Crippen molar-refractivity contribution in [2.75, 3.05) is 52.5 Å². The number of amides is 2. The molecular weight excluding hydrogens is 258 g/mol. The Balaban J connectivity index is 0.000000321. The highest BCUT2D eigenvalue weighted by atomic mass is 16.5. The van der Waals surface area contributed by atoms with Crippen LogP contribution in [0.25, 0.3) is 0 Å². The summed E-state index contributed by atoms with van der Waals surface area (Å²) in [5.41, 5.74) is 0. The second-order valence-corrected chi connectivity index (χ2v) is 4.37. The summed E-state index contributed by atoms with van der Waals surface area (Å²) < 4.78 is 5.06. The Morgan fingerprint density at radius 3 is 1.55 bits per heavy atom. The fraction of sp³-hybridized carbons (Fsp3) is 0.857. The highest BCUT2D eigenvalue weighted by Gasteiger charge is 2.11. The number of morpholine rings is 1. The van der Waals surface area contributed by atoms with Crippen molar-refractivity contribution in [1.82, 2.24) is 15.1 Å². The van der Waals surface area contributed by atoms with Crippen LogP contribution in [0, 0.1) is 0 Å². The average molecular weight is 287 g/mol. The van der Waals surface area contributed by atoms with Gasteiger partial charge in [-0.25, -0.2) is 0 Å². The highest BCUT2D eigenvalue weighted by Crippen LogP contribution is 1.95. The number of carbonyl (C=O) groups is 2. The van der Waals surface area contributed by atoms with E-state index in [1.54, 1.807) is 18.7 Å². The van der Waals surface area contributed by atoms with Crippen molar-refractivity contribution in [3.05, 3.63) is 0 Å². The van der Waals surface area contributed by atoms with Crippen LogP contribution in [0.15, 0.2) is 0 Å². The lowest BCUT2D eigenvalue weighted by molar-refractivity contribution is -0.132. The molecule has 6 nitrogen and oxygen atoms in total. The first kappa shape index (κ1) is 18.9. The number of hydrogen-bond acceptors (Lipinski definition) is 4. The third-order valence-corrected chi connectivity index (χ3v) is 3.02. The molecule has 2 rings (SSSR count). The number of rotatable bonds is 0. The monoisotopic (exact) mass is 287 g/mol. The van der Waals surface area contributed by atoms with E-state index < -0.39 is 0 Å². The van der Waals surface area contributed by atoms with Gasteiger partial charge >= 0.3 is 0 Å². The largest absolute Gasteiger partial charge is 0.378 e. The van der Waals surface area contributed by atoms with E-state index in [1.165, 1.54) is 0 Å². The molecule has 0 aromatic rings. The maximum Gasteiger partial charge on any atom is 0.219 e. The number of carbonyl (C=O) groups excluding carboxylic acids is 2. The molecule has 0 spiro atoms. The third-order valence-electron chi connectivity index (χ3n) is 3.02. The van der Waals surface area contributed by atoms with E-state index >= 15 is 0 Å². The number of hydrogen-bond donors (Lipinski definition) is 1. The summed E-state index contributed by atoms with van der Waals surface area (Å²) in [5.74, 6) is 0.342. The third kappa shape index (κ3) is 8.12. The van der Waals surface area contributed by atoms with Gasteiger partial charge in [0.25, 0.3) is 0 Å². The van der Waals surface area contributed by atoms with Crippen LogP contribution in [0.2, 0.25) is 0 Å². The Hall–Kier alpha value is -1.14. The van der Waals surface area contributed by atoms with Gasteiger partial charge in [-0.05, 0) is 0 Å². The van der Waals surface area contributed by atoms with Gasteiger partial charge in [-0.2, -0.15) is 0 Å². The number of nitrogens with zero attached hydrogens (tertiary/aromatic N) is 2. The van der Waals surface area contributed by atoms with Gasteiger partial charge in [0.05, 0.1) is 13.2 Å². The van der Waals surface area contributed by atoms with Crippen LogP contribution >= 0.6 is 0 Å². The van der Waals surface area contributed by atoms with Crippen LogP contribution < -0.4 is 5.32 Å². The minimum atomic E-state index is 0.151. The van der Waals surface area contributed by atoms with Gasteiger partial charge in [0.2, 0.25) is 11.8 Å². The summed E-state index contributed by atoms with van der Waals surface area (Å²) in [5, 5.41) is 3.18. The van der Waals surface area contributed by atoms with Crippen molar-refractivity contribution in [3.8, 4) is 0 Å². The molecule has 118 valence electrons. The fourth-order valence-corrected chi connectivity index (χ4v) is 1.86. The zero-order chi connectivity index (χ0) is 15.4. The van der Waals surface area contributed by atoms with Crippen molar-refractivity contribution < 1.29 is 14.3 Å². The zero-order valence-corrected chi connectivity index (χ0v) is 13.3. The van der Waals surface area contributed by atoms with Crippen LogP contribution in [-0.4, -0.2) is 74.1 Å². The SMILES string of the molecule is CC.CC(=O)N1CCNCC1.CC(=O)N1CCOCC1. The van der Waals surface area contributed by atoms with E-state index in [2.05, 4.69) is 5.32 Å². The molecule has 2 saturated heterocycles. The summed E-state index contributed by atoms with van der Waals surface area (Å²) in [6.45, 7) is 13.7. The molecule has 2 aliphatic rings. The molecule has 6 heteroatoms. The van der Waals surface area contributed by atoms with Gasteiger partial charge in [-0.15, -0.1) is 0 Å². The summed E-state index contributed by atoms with van der Waals surface area (Å²) in [4.78, 5) is 25.0. The first-order chi connectivity index (χ1) is 9.61. The number of ether oxygens (including phenoxy) is 1. The molecule has 0 unspecified atom stereocenters.